The van der Waals surface area contributed by atoms with Gasteiger partial charge in [-0.05, 0) is 32.7 Å². The van der Waals surface area contributed by atoms with E-state index in [4.69, 9.17) is 9.63 Å². The van der Waals surface area contributed by atoms with Crippen molar-refractivity contribution in [1.82, 2.24) is 15.0 Å². The quantitative estimate of drug-likeness (QED) is 0.826. The van der Waals surface area contributed by atoms with Gasteiger partial charge in [0.15, 0.2) is 5.82 Å². The molecule has 2 heterocycles. The number of hydrogen-bond acceptors (Lipinski definition) is 5. The third-order valence-corrected chi connectivity index (χ3v) is 3.03. The first-order valence-electron chi connectivity index (χ1n) is 5.93. The summed E-state index contributed by atoms with van der Waals surface area (Å²) in [5, 5.41) is 12.7. The Morgan fingerprint density at radius 3 is 3.12 bits per heavy atom. The second-order valence-electron chi connectivity index (χ2n) is 4.40. The van der Waals surface area contributed by atoms with Crippen LogP contribution in [0.4, 0.5) is 0 Å². The van der Waals surface area contributed by atoms with E-state index in [9.17, 15) is 0 Å². The van der Waals surface area contributed by atoms with Crippen LogP contribution < -0.4 is 0 Å². The molecule has 0 saturated carbocycles. The largest absolute Gasteiger partial charge is 0.396 e. The van der Waals surface area contributed by atoms with E-state index in [1.165, 1.54) is 0 Å². The number of likely N-dealkylation sites (tertiary alicyclic amines) is 1. The molecule has 0 aromatic carbocycles. The fraction of sp³-hybridized carbons (Fsp3) is 0.818. The van der Waals surface area contributed by atoms with E-state index >= 15 is 0 Å². The summed E-state index contributed by atoms with van der Waals surface area (Å²) in [5.74, 6) is 1.85. The van der Waals surface area contributed by atoms with E-state index in [1.54, 1.807) is 0 Å². The van der Waals surface area contributed by atoms with Gasteiger partial charge in [0.1, 0.15) is 0 Å². The van der Waals surface area contributed by atoms with E-state index in [-0.39, 0.29) is 6.61 Å². The maximum absolute atomic E-state index is 8.82. The molecule has 1 unspecified atom stereocenters. The maximum Gasteiger partial charge on any atom is 0.231 e. The van der Waals surface area contributed by atoms with Gasteiger partial charge in [-0.1, -0.05) is 5.16 Å². The molecule has 1 aromatic heterocycles. The van der Waals surface area contributed by atoms with Crippen molar-refractivity contribution < 1.29 is 9.63 Å². The van der Waals surface area contributed by atoms with Crippen LogP contribution in [0.2, 0.25) is 0 Å². The molecule has 1 atom stereocenters. The highest BCUT2D eigenvalue weighted by atomic mass is 16.5. The van der Waals surface area contributed by atoms with Crippen LogP contribution in [0.1, 0.15) is 36.9 Å². The number of rotatable bonds is 4. The molecule has 0 radical (unpaired) electrons. The van der Waals surface area contributed by atoms with E-state index in [0.717, 1.165) is 44.8 Å². The number of nitrogens with zero attached hydrogens (tertiary/aromatic N) is 3. The lowest BCUT2D eigenvalue weighted by atomic mass is 9.98. The highest BCUT2D eigenvalue weighted by Crippen LogP contribution is 2.25. The lowest BCUT2D eigenvalue weighted by molar-refractivity contribution is 0.170. The van der Waals surface area contributed by atoms with E-state index in [1.807, 2.05) is 6.92 Å². The minimum Gasteiger partial charge on any atom is -0.396 e. The Morgan fingerprint density at radius 2 is 2.44 bits per heavy atom. The van der Waals surface area contributed by atoms with Crippen molar-refractivity contribution in [3.63, 3.8) is 0 Å². The Morgan fingerprint density at radius 1 is 1.56 bits per heavy atom. The van der Waals surface area contributed by atoms with Crippen LogP contribution in [-0.2, 0) is 0 Å². The molecule has 0 bridgehead atoms. The summed E-state index contributed by atoms with van der Waals surface area (Å²) in [6.07, 6.45) is 3.13. The minimum atomic E-state index is 0.265. The van der Waals surface area contributed by atoms with Crippen molar-refractivity contribution in [2.24, 2.45) is 0 Å². The molecule has 1 saturated heterocycles. The number of hydrogen-bond donors (Lipinski definition) is 1. The van der Waals surface area contributed by atoms with E-state index in [0.29, 0.717) is 11.7 Å². The molecule has 5 heteroatoms. The van der Waals surface area contributed by atoms with Gasteiger partial charge in [0, 0.05) is 19.7 Å². The van der Waals surface area contributed by atoms with E-state index in [2.05, 4.69) is 15.0 Å². The first kappa shape index (κ1) is 11.5. The van der Waals surface area contributed by atoms with Crippen LogP contribution in [0.5, 0.6) is 0 Å². The lowest BCUT2D eigenvalue weighted by Crippen LogP contribution is -2.35. The van der Waals surface area contributed by atoms with Crippen molar-refractivity contribution in [3.05, 3.63) is 11.7 Å². The van der Waals surface area contributed by atoms with Crippen molar-refractivity contribution in [2.75, 3.05) is 26.2 Å². The van der Waals surface area contributed by atoms with Crippen LogP contribution in [0.3, 0.4) is 0 Å². The Hall–Kier alpha value is -0.940. The van der Waals surface area contributed by atoms with Crippen LogP contribution in [-0.4, -0.2) is 46.4 Å². The Kier molecular flexibility index (Phi) is 3.90. The Balaban J connectivity index is 1.91. The molecule has 1 N–H and O–H groups in total. The average Bonchev–Trinajstić information content (AvgIpc) is 2.74. The molecule has 1 aromatic rings. The van der Waals surface area contributed by atoms with Gasteiger partial charge in [-0.15, -0.1) is 0 Å². The lowest BCUT2D eigenvalue weighted by Gasteiger charge is -2.30. The monoisotopic (exact) mass is 225 g/mol. The molecule has 90 valence electrons. The minimum absolute atomic E-state index is 0.265. The number of piperidine rings is 1. The number of aliphatic hydroxyl groups excluding tert-OH is 1. The summed E-state index contributed by atoms with van der Waals surface area (Å²) in [5.41, 5.74) is 0. The molecule has 1 aliphatic rings. The third kappa shape index (κ3) is 2.80. The highest BCUT2D eigenvalue weighted by molar-refractivity contribution is 4.96. The molecule has 0 spiro atoms. The predicted molar refractivity (Wildman–Crippen MR) is 59.2 cm³/mol. The molecular weight excluding hydrogens is 206 g/mol. The predicted octanol–water partition coefficient (Wildman–Crippen LogP) is 0.940. The van der Waals surface area contributed by atoms with E-state index < -0.39 is 0 Å². The van der Waals surface area contributed by atoms with Gasteiger partial charge in [-0.2, -0.15) is 4.98 Å². The summed E-state index contributed by atoms with van der Waals surface area (Å²) in [7, 11) is 0. The SMILES string of the molecule is Cc1noc(C2CCCN(CCCO)C2)n1. The molecule has 2 rings (SSSR count). The summed E-state index contributed by atoms with van der Waals surface area (Å²) in [4.78, 5) is 6.66. The van der Waals surface area contributed by atoms with Crippen LogP contribution in [0.15, 0.2) is 4.52 Å². The van der Waals surface area contributed by atoms with Crippen LogP contribution in [0, 0.1) is 6.92 Å². The van der Waals surface area contributed by atoms with Gasteiger partial charge in [0.25, 0.3) is 0 Å². The van der Waals surface area contributed by atoms with Gasteiger partial charge in [0.05, 0.1) is 5.92 Å². The number of aliphatic hydroxyl groups is 1. The molecule has 0 amide bonds. The Labute approximate surface area is 95.4 Å². The molecule has 1 aliphatic heterocycles. The first-order chi connectivity index (χ1) is 7.79. The van der Waals surface area contributed by atoms with Crippen molar-refractivity contribution >= 4 is 0 Å². The smallest absolute Gasteiger partial charge is 0.231 e. The first-order valence-corrected chi connectivity index (χ1v) is 5.93. The summed E-state index contributed by atoms with van der Waals surface area (Å²) in [6.45, 7) is 5.16. The topological polar surface area (TPSA) is 62.4 Å². The fourth-order valence-electron chi connectivity index (χ4n) is 2.23. The van der Waals surface area contributed by atoms with Crippen molar-refractivity contribution in [1.29, 1.82) is 0 Å². The maximum atomic E-state index is 8.82. The highest BCUT2D eigenvalue weighted by Gasteiger charge is 2.25. The standard InChI is InChI=1S/C11H19N3O2/c1-9-12-11(16-13-9)10-4-2-5-14(8-10)6-3-7-15/h10,15H,2-8H2,1H3. The molecule has 0 aliphatic carbocycles. The molecule has 1 fully saturated rings. The number of aryl methyl sites for hydroxylation is 1. The summed E-state index contributed by atoms with van der Waals surface area (Å²) >= 11 is 0. The van der Waals surface area contributed by atoms with Gasteiger partial charge in [-0.3, -0.25) is 0 Å². The average molecular weight is 225 g/mol. The molecular formula is C11H19N3O2. The number of aromatic nitrogens is 2. The zero-order chi connectivity index (χ0) is 11.4. The Bertz CT molecular complexity index is 327. The second kappa shape index (κ2) is 5.41. The van der Waals surface area contributed by atoms with Gasteiger partial charge < -0.3 is 14.5 Å². The summed E-state index contributed by atoms with van der Waals surface area (Å²) in [6, 6.07) is 0. The normalized spacial score (nSPS) is 22.5. The fourth-order valence-corrected chi connectivity index (χ4v) is 2.23. The van der Waals surface area contributed by atoms with Crippen molar-refractivity contribution in [2.45, 2.75) is 32.1 Å². The zero-order valence-corrected chi connectivity index (χ0v) is 9.72. The molecule has 16 heavy (non-hydrogen) atoms. The van der Waals surface area contributed by atoms with Crippen molar-refractivity contribution in [3.8, 4) is 0 Å². The zero-order valence-electron chi connectivity index (χ0n) is 9.72. The van der Waals surface area contributed by atoms with Crippen LogP contribution in [0.25, 0.3) is 0 Å². The third-order valence-electron chi connectivity index (χ3n) is 3.03. The van der Waals surface area contributed by atoms with Gasteiger partial charge >= 0.3 is 0 Å². The van der Waals surface area contributed by atoms with Gasteiger partial charge in [-0.25, -0.2) is 0 Å². The second-order valence-corrected chi connectivity index (χ2v) is 4.40. The summed E-state index contributed by atoms with van der Waals surface area (Å²) < 4.78 is 5.22. The van der Waals surface area contributed by atoms with Crippen LogP contribution >= 0.6 is 0 Å². The molecule has 5 nitrogen and oxygen atoms in total. The van der Waals surface area contributed by atoms with Gasteiger partial charge in [0.2, 0.25) is 5.89 Å².